The first-order chi connectivity index (χ1) is 10.6. The van der Waals surface area contributed by atoms with Crippen LogP contribution in [0.4, 0.5) is 0 Å². The van der Waals surface area contributed by atoms with Crippen molar-refractivity contribution in [2.24, 2.45) is 0 Å². The van der Waals surface area contributed by atoms with Crippen molar-refractivity contribution in [1.29, 1.82) is 0 Å². The zero-order valence-electron chi connectivity index (χ0n) is 14.3. The van der Waals surface area contributed by atoms with Gasteiger partial charge < -0.3 is 9.80 Å². The first-order valence-corrected chi connectivity index (χ1v) is 8.61. The number of amides is 1. The third kappa shape index (κ3) is 5.13. The number of likely N-dealkylation sites (tertiary alicyclic amines) is 1. The summed E-state index contributed by atoms with van der Waals surface area (Å²) in [6.45, 7) is 8.67. The lowest BCUT2D eigenvalue weighted by Gasteiger charge is -2.21. The van der Waals surface area contributed by atoms with Crippen molar-refractivity contribution >= 4 is 5.91 Å². The van der Waals surface area contributed by atoms with E-state index in [9.17, 15) is 4.79 Å². The molecule has 22 heavy (non-hydrogen) atoms. The van der Waals surface area contributed by atoms with Gasteiger partial charge in [0, 0.05) is 26.6 Å². The predicted octanol–water partition coefficient (Wildman–Crippen LogP) is 3.30. The van der Waals surface area contributed by atoms with E-state index in [1.165, 1.54) is 37.1 Å². The van der Waals surface area contributed by atoms with E-state index in [0.717, 1.165) is 19.5 Å². The molecule has 0 saturated carbocycles. The lowest BCUT2D eigenvalue weighted by Crippen LogP contribution is -2.35. The van der Waals surface area contributed by atoms with Crippen molar-refractivity contribution in [3.8, 4) is 0 Å². The van der Waals surface area contributed by atoms with Gasteiger partial charge in [-0.1, -0.05) is 38.1 Å². The van der Waals surface area contributed by atoms with E-state index in [1.54, 1.807) is 0 Å². The molecule has 0 unspecified atom stereocenters. The third-order valence-corrected chi connectivity index (χ3v) is 4.65. The number of carbonyl (C=O) groups is 1. The maximum atomic E-state index is 12.2. The molecule has 0 atom stereocenters. The monoisotopic (exact) mass is 302 g/mol. The Morgan fingerprint density at radius 2 is 1.82 bits per heavy atom. The van der Waals surface area contributed by atoms with Gasteiger partial charge in [-0.3, -0.25) is 4.79 Å². The molecule has 1 fully saturated rings. The summed E-state index contributed by atoms with van der Waals surface area (Å²) in [5.74, 6) is 0.819. The number of likely N-dealkylation sites (N-methyl/N-ethyl adjacent to an activating group) is 1. The molecule has 0 aromatic heterocycles. The minimum absolute atomic E-state index is 0.257. The molecule has 1 saturated heterocycles. The zero-order chi connectivity index (χ0) is 15.9. The topological polar surface area (TPSA) is 23.6 Å². The van der Waals surface area contributed by atoms with Crippen LogP contribution in [0.1, 0.15) is 50.2 Å². The molecule has 1 aromatic carbocycles. The van der Waals surface area contributed by atoms with E-state index in [4.69, 9.17) is 0 Å². The first kappa shape index (κ1) is 17.0. The van der Waals surface area contributed by atoms with Crippen molar-refractivity contribution in [3.05, 3.63) is 35.4 Å². The minimum atomic E-state index is 0.257. The highest BCUT2D eigenvalue weighted by Crippen LogP contribution is 2.15. The van der Waals surface area contributed by atoms with Gasteiger partial charge in [-0.25, -0.2) is 0 Å². The van der Waals surface area contributed by atoms with Crippen LogP contribution in [-0.4, -0.2) is 48.9 Å². The summed E-state index contributed by atoms with van der Waals surface area (Å²) in [4.78, 5) is 16.5. The van der Waals surface area contributed by atoms with Gasteiger partial charge in [0.05, 0.1) is 0 Å². The fourth-order valence-corrected chi connectivity index (χ4v) is 2.93. The van der Waals surface area contributed by atoms with Gasteiger partial charge >= 0.3 is 0 Å². The quantitative estimate of drug-likeness (QED) is 0.771. The number of aryl methyl sites for hydroxylation is 1. The molecule has 3 nitrogen and oxygen atoms in total. The van der Waals surface area contributed by atoms with E-state index < -0.39 is 0 Å². The first-order valence-electron chi connectivity index (χ1n) is 8.61. The number of hydrogen-bond acceptors (Lipinski definition) is 2. The fourth-order valence-electron chi connectivity index (χ4n) is 2.93. The zero-order valence-corrected chi connectivity index (χ0v) is 14.3. The lowest BCUT2D eigenvalue weighted by molar-refractivity contribution is -0.130. The van der Waals surface area contributed by atoms with E-state index in [0.29, 0.717) is 12.3 Å². The summed E-state index contributed by atoms with van der Waals surface area (Å²) < 4.78 is 0. The molecule has 1 aliphatic rings. The van der Waals surface area contributed by atoms with Crippen LogP contribution in [0.2, 0.25) is 0 Å². The van der Waals surface area contributed by atoms with Crippen molar-refractivity contribution in [1.82, 2.24) is 9.80 Å². The van der Waals surface area contributed by atoms with Gasteiger partial charge in [0.1, 0.15) is 0 Å². The molecule has 1 aliphatic heterocycles. The smallest absolute Gasteiger partial charge is 0.222 e. The Hall–Kier alpha value is -1.35. The van der Waals surface area contributed by atoms with E-state index in [2.05, 4.69) is 43.0 Å². The molecule has 0 N–H and O–H groups in total. The van der Waals surface area contributed by atoms with Gasteiger partial charge in [-0.05, 0) is 49.4 Å². The molecular formula is C19H30N2O. The molecule has 122 valence electrons. The van der Waals surface area contributed by atoms with Crippen LogP contribution < -0.4 is 0 Å². The Kier molecular flexibility index (Phi) is 6.44. The van der Waals surface area contributed by atoms with Crippen molar-refractivity contribution in [3.63, 3.8) is 0 Å². The Bertz CT molecular complexity index is 461. The normalized spacial score (nSPS) is 15.5. The second-order valence-electron chi connectivity index (χ2n) is 6.76. The fraction of sp³-hybridized carbons (Fsp3) is 0.632. The van der Waals surface area contributed by atoms with Gasteiger partial charge in [0.15, 0.2) is 0 Å². The second kappa shape index (κ2) is 8.33. The summed E-state index contributed by atoms with van der Waals surface area (Å²) in [6, 6.07) is 8.68. The number of nitrogens with zero attached hydrogens (tertiary/aromatic N) is 2. The summed E-state index contributed by atoms with van der Waals surface area (Å²) in [5.41, 5.74) is 2.61. The molecular weight excluding hydrogens is 272 g/mol. The third-order valence-electron chi connectivity index (χ3n) is 4.65. The molecule has 0 spiro atoms. The van der Waals surface area contributed by atoms with E-state index >= 15 is 0 Å². The minimum Gasteiger partial charge on any atom is -0.344 e. The van der Waals surface area contributed by atoms with Crippen LogP contribution in [-0.2, 0) is 11.2 Å². The standard InChI is InChI=1S/C19H30N2O/c1-16(2)18-9-6-17(7-10-18)8-11-19(22)20(3)14-15-21-12-4-5-13-21/h6-7,9-10,16H,4-5,8,11-15H2,1-3H3. The molecule has 3 heteroatoms. The SMILES string of the molecule is CC(C)c1ccc(CCC(=O)N(C)CCN2CCCC2)cc1. The van der Waals surface area contributed by atoms with Crippen molar-refractivity contribution in [2.75, 3.05) is 33.2 Å². The molecule has 1 aromatic rings. The maximum absolute atomic E-state index is 12.2. The maximum Gasteiger partial charge on any atom is 0.222 e. The predicted molar refractivity (Wildman–Crippen MR) is 92.2 cm³/mol. The van der Waals surface area contributed by atoms with Crippen molar-refractivity contribution in [2.45, 2.75) is 45.4 Å². The van der Waals surface area contributed by atoms with Crippen LogP contribution in [0.25, 0.3) is 0 Å². The highest BCUT2D eigenvalue weighted by atomic mass is 16.2. The second-order valence-corrected chi connectivity index (χ2v) is 6.76. The summed E-state index contributed by atoms with van der Waals surface area (Å²) in [5, 5.41) is 0. The average molecular weight is 302 g/mol. The molecule has 0 radical (unpaired) electrons. The van der Waals surface area contributed by atoms with E-state index in [-0.39, 0.29) is 5.91 Å². The Balaban J connectivity index is 1.71. The molecule has 1 amide bonds. The number of rotatable bonds is 7. The average Bonchev–Trinajstić information content (AvgIpc) is 3.04. The highest BCUT2D eigenvalue weighted by Gasteiger charge is 2.14. The van der Waals surface area contributed by atoms with Gasteiger partial charge in [-0.2, -0.15) is 0 Å². The Morgan fingerprint density at radius 1 is 1.18 bits per heavy atom. The highest BCUT2D eigenvalue weighted by molar-refractivity contribution is 5.76. The lowest BCUT2D eigenvalue weighted by atomic mass is 10.0. The molecule has 0 bridgehead atoms. The van der Waals surface area contributed by atoms with Crippen LogP contribution in [0.5, 0.6) is 0 Å². The van der Waals surface area contributed by atoms with E-state index in [1.807, 2.05) is 11.9 Å². The number of carbonyl (C=O) groups excluding carboxylic acids is 1. The van der Waals surface area contributed by atoms with Crippen LogP contribution in [0.15, 0.2) is 24.3 Å². The van der Waals surface area contributed by atoms with Gasteiger partial charge in [0.2, 0.25) is 5.91 Å². The van der Waals surface area contributed by atoms with Crippen molar-refractivity contribution < 1.29 is 4.79 Å². The van der Waals surface area contributed by atoms with Crippen LogP contribution >= 0.6 is 0 Å². The molecule has 0 aliphatic carbocycles. The summed E-state index contributed by atoms with van der Waals surface area (Å²) >= 11 is 0. The van der Waals surface area contributed by atoms with Crippen LogP contribution in [0.3, 0.4) is 0 Å². The van der Waals surface area contributed by atoms with Gasteiger partial charge in [-0.15, -0.1) is 0 Å². The van der Waals surface area contributed by atoms with Crippen LogP contribution in [0, 0.1) is 0 Å². The summed E-state index contributed by atoms with van der Waals surface area (Å²) in [7, 11) is 1.93. The number of hydrogen-bond donors (Lipinski definition) is 0. The Labute approximate surface area is 135 Å². The van der Waals surface area contributed by atoms with Gasteiger partial charge in [0.25, 0.3) is 0 Å². The summed E-state index contributed by atoms with van der Waals surface area (Å²) in [6.07, 6.45) is 4.07. The largest absolute Gasteiger partial charge is 0.344 e. The molecule has 1 heterocycles. The Morgan fingerprint density at radius 3 is 2.41 bits per heavy atom. The molecule has 2 rings (SSSR count). The number of benzene rings is 1.